The van der Waals surface area contributed by atoms with E-state index >= 15 is 0 Å². The highest BCUT2D eigenvalue weighted by molar-refractivity contribution is 5.79. The minimum absolute atomic E-state index is 0.0465. The first-order chi connectivity index (χ1) is 16.1. The van der Waals surface area contributed by atoms with Gasteiger partial charge in [-0.15, -0.1) is 0 Å². The van der Waals surface area contributed by atoms with Crippen molar-refractivity contribution in [2.45, 2.75) is 115 Å². The van der Waals surface area contributed by atoms with Gasteiger partial charge < -0.3 is 14.2 Å². The number of carbonyl (C=O) groups is 2. The van der Waals surface area contributed by atoms with Crippen LogP contribution in [0.1, 0.15) is 90.9 Å². The van der Waals surface area contributed by atoms with Gasteiger partial charge in [0, 0.05) is 6.42 Å². The number of hydrogen-bond donors (Lipinski definition) is 0. The van der Waals surface area contributed by atoms with Crippen molar-refractivity contribution >= 4 is 11.9 Å². The van der Waals surface area contributed by atoms with Crippen LogP contribution in [-0.2, 0) is 23.8 Å². The molecule has 0 amide bonds. The lowest BCUT2D eigenvalue weighted by Gasteiger charge is -2.58. The van der Waals surface area contributed by atoms with Crippen LogP contribution in [0.15, 0.2) is 0 Å². The summed E-state index contributed by atoms with van der Waals surface area (Å²) in [6.07, 6.45) is 9.19. The van der Waals surface area contributed by atoms with E-state index in [1.165, 1.54) is 26.2 Å². The molecule has 0 heterocycles. The van der Waals surface area contributed by atoms with Crippen LogP contribution in [0.2, 0.25) is 0 Å². The van der Waals surface area contributed by atoms with Gasteiger partial charge in [-0.05, 0) is 113 Å². The van der Waals surface area contributed by atoms with Gasteiger partial charge in [-0.1, -0.05) is 6.92 Å². The number of carbonyl (C=O) groups excluding carboxylic acids is 2. The zero-order valence-electron chi connectivity index (χ0n) is 20.4. The van der Waals surface area contributed by atoms with Crippen molar-refractivity contribution in [3.05, 3.63) is 0 Å². The molecule has 8 rings (SSSR count). The largest absolute Gasteiger partial charge is 0.457 e. The van der Waals surface area contributed by atoms with Crippen LogP contribution in [-0.4, -0.2) is 35.9 Å². The van der Waals surface area contributed by atoms with Crippen LogP contribution < -0.4 is 0 Å². The van der Waals surface area contributed by atoms with E-state index in [1.54, 1.807) is 0 Å². The Morgan fingerprint density at radius 1 is 0.882 bits per heavy atom. The van der Waals surface area contributed by atoms with Gasteiger partial charge in [0.1, 0.15) is 6.10 Å². The highest BCUT2D eigenvalue weighted by Gasteiger charge is 2.61. The van der Waals surface area contributed by atoms with Crippen molar-refractivity contribution in [3.8, 4) is 0 Å². The van der Waals surface area contributed by atoms with Crippen LogP contribution in [0.3, 0.4) is 0 Å². The molecule has 8 fully saturated rings. The molecule has 8 aliphatic carbocycles. The summed E-state index contributed by atoms with van der Waals surface area (Å²) in [7, 11) is 0. The Morgan fingerprint density at radius 3 is 1.94 bits per heavy atom. The minimum Gasteiger partial charge on any atom is -0.457 e. The second-order valence-electron chi connectivity index (χ2n) is 12.9. The van der Waals surface area contributed by atoms with Gasteiger partial charge >= 0.3 is 17.9 Å². The standard InChI is InChI=1S/C27H38F2O5/c1-3-27(28,29)24(31)33-22-20-7-19-8-21(22)14-25(9-19,13-20)23(30)32-15(2)34-26-10-16-4-17(11-26)6-18(5-16)12-26/h15-22H,3-14H2,1-2H3. The Hall–Kier alpha value is -1.24. The lowest BCUT2D eigenvalue weighted by molar-refractivity contribution is -0.255. The second kappa shape index (κ2) is 7.88. The third kappa shape index (κ3) is 3.79. The van der Waals surface area contributed by atoms with E-state index in [2.05, 4.69) is 0 Å². The van der Waals surface area contributed by atoms with Gasteiger partial charge in [-0.3, -0.25) is 4.79 Å². The minimum atomic E-state index is -3.45. The topological polar surface area (TPSA) is 61.8 Å². The zero-order valence-corrected chi connectivity index (χ0v) is 20.4. The van der Waals surface area contributed by atoms with Gasteiger partial charge in [-0.2, -0.15) is 8.78 Å². The molecule has 0 N–H and O–H groups in total. The van der Waals surface area contributed by atoms with Gasteiger partial charge in [-0.25, -0.2) is 4.79 Å². The fourth-order valence-corrected chi connectivity index (χ4v) is 9.60. The van der Waals surface area contributed by atoms with E-state index in [-0.39, 0.29) is 23.4 Å². The summed E-state index contributed by atoms with van der Waals surface area (Å²) >= 11 is 0. The number of halogens is 2. The first kappa shape index (κ1) is 23.2. The lowest BCUT2D eigenvalue weighted by atomic mass is 9.48. The molecule has 8 bridgehead atoms. The molecule has 0 aromatic carbocycles. The van der Waals surface area contributed by atoms with Crippen LogP contribution >= 0.6 is 0 Å². The quantitative estimate of drug-likeness (QED) is 0.348. The number of alkyl halides is 2. The van der Waals surface area contributed by atoms with Gasteiger partial charge in [0.2, 0.25) is 6.29 Å². The first-order valence-corrected chi connectivity index (χ1v) is 13.6. The number of ether oxygens (including phenoxy) is 3. The average molecular weight is 481 g/mol. The fourth-order valence-electron chi connectivity index (χ4n) is 9.60. The predicted octanol–water partition coefficient (Wildman–Crippen LogP) is 5.64. The monoisotopic (exact) mass is 480 g/mol. The number of hydrogen-bond acceptors (Lipinski definition) is 5. The molecule has 8 saturated carbocycles. The fraction of sp³-hybridized carbons (Fsp3) is 0.926. The van der Waals surface area contributed by atoms with Gasteiger partial charge in [0.15, 0.2) is 0 Å². The van der Waals surface area contributed by atoms with Crippen LogP contribution in [0.4, 0.5) is 8.78 Å². The molecule has 7 heteroatoms. The van der Waals surface area contributed by atoms with E-state index in [0.29, 0.717) is 18.8 Å². The molecule has 0 radical (unpaired) electrons. The maximum atomic E-state index is 13.9. The highest BCUT2D eigenvalue weighted by Crippen LogP contribution is 2.62. The first-order valence-electron chi connectivity index (χ1n) is 13.6. The van der Waals surface area contributed by atoms with Gasteiger partial charge in [0.05, 0.1) is 11.0 Å². The SMILES string of the molecule is CCC(F)(F)C(=O)OC1C2CC3CC1CC(C(=O)OC(C)OC14CC5CC(CC(C5)C1)C4)(C3)C2. The van der Waals surface area contributed by atoms with Crippen molar-refractivity contribution in [1.82, 2.24) is 0 Å². The summed E-state index contributed by atoms with van der Waals surface area (Å²) in [6, 6.07) is 0. The van der Waals surface area contributed by atoms with Crippen LogP contribution in [0, 0.1) is 40.9 Å². The average Bonchev–Trinajstić information content (AvgIpc) is 2.74. The van der Waals surface area contributed by atoms with E-state index in [4.69, 9.17) is 14.2 Å². The molecular weight excluding hydrogens is 442 g/mol. The summed E-state index contributed by atoms with van der Waals surface area (Å²) < 4.78 is 45.6. The van der Waals surface area contributed by atoms with E-state index in [0.717, 1.165) is 56.3 Å². The molecule has 8 aliphatic rings. The summed E-state index contributed by atoms with van der Waals surface area (Å²) in [5.74, 6) is -2.51. The number of rotatable bonds is 7. The summed E-state index contributed by atoms with van der Waals surface area (Å²) in [5, 5.41) is 0. The van der Waals surface area contributed by atoms with Crippen molar-refractivity contribution in [1.29, 1.82) is 0 Å². The predicted molar refractivity (Wildman–Crippen MR) is 119 cm³/mol. The third-order valence-electron chi connectivity index (χ3n) is 10.3. The summed E-state index contributed by atoms with van der Waals surface area (Å²) in [4.78, 5) is 25.6. The molecule has 190 valence electrons. The number of esters is 2. The Labute approximate surface area is 200 Å². The van der Waals surface area contributed by atoms with Crippen molar-refractivity contribution in [3.63, 3.8) is 0 Å². The van der Waals surface area contributed by atoms with E-state index in [1.807, 2.05) is 6.92 Å². The molecule has 0 aromatic heterocycles. The molecule has 0 aromatic rings. The summed E-state index contributed by atoms with van der Waals surface area (Å²) in [6.45, 7) is 3.14. The Morgan fingerprint density at radius 2 is 1.41 bits per heavy atom. The van der Waals surface area contributed by atoms with E-state index < -0.39 is 36.1 Å². The maximum absolute atomic E-state index is 13.9. The van der Waals surface area contributed by atoms with E-state index in [9.17, 15) is 18.4 Å². The summed E-state index contributed by atoms with van der Waals surface area (Å²) in [5.41, 5.74) is -0.717. The molecule has 0 saturated heterocycles. The molecule has 5 nitrogen and oxygen atoms in total. The van der Waals surface area contributed by atoms with Crippen molar-refractivity contribution in [2.75, 3.05) is 0 Å². The normalized spacial score (nSPS) is 47.0. The van der Waals surface area contributed by atoms with Crippen LogP contribution in [0.25, 0.3) is 0 Å². The zero-order chi connectivity index (χ0) is 23.9. The maximum Gasteiger partial charge on any atom is 0.377 e. The molecule has 34 heavy (non-hydrogen) atoms. The molecule has 0 spiro atoms. The lowest BCUT2D eigenvalue weighted by Crippen LogP contribution is -2.58. The Bertz CT molecular complexity index is 805. The molecule has 0 aliphatic heterocycles. The van der Waals surface area contributed by atoms with Crippen molar-refractivity contribution < 1.29 is 32.6 Å². The molecule has 3 unspecified atom stereocenters. The molecular formula is C27H38F2O5. The third-order valence-corrected chi connectivity index (χ3v) is 10.3. The van der Waals surface area contributed by atoms with Crippen molar-refractivity contribution in [2.24, 2.45) is 40.9 Å². The smallest absolute Gasteiger partial charge is 0.377 e. The van der Waals surface area contributed by atoms with Crippen LogP contribution in [0.5, 0.6) is 0 Å². The highest BCUT2D eigenvalue weighted by atomic mass is 19.3. The Balaban J connectivity index is 1.10. The second-order valence-corrected chi connectivity index (χ2v) is 12.9. The molecule has 3 atom stereocenters. The van der Waals surface area contributed by atoms with Gasteiger partial charge in [0.25, 0.3) is 0 Å². The Kier molecular flexibility index (Phi) is 5.37.